The summed E-state index contributed by atoms with van der Waals surface area (Å²) in [5, 5.41) is 33.5. The maximum atomic E-state index is 14.9. The number of ether oxygens (including phenoxy) is 4. The van der Waals surface area contributed by atoms with Crippen LogP contribution in [0.25, 0.3) is 0 Å². The van der Waals surface area contributed by atoms with Crippen molar-refractivity contribution in [3.8, 4) is 0 Å². The molecule has 3 rings (SSSR count). The molecule has 2 heterocycles. The van der Waals surface area contributed by atoms with Crippen molar-refractivity contribution < 1.29 is 52.6 Å². The van der Waals surface area contributed by atoms with Crippen molar-refractivity contribution in [3.63, 3.8) is 0 Å². The minimum Gasteiger partial charge on any atom is -0.457 e. The molecule has 298 valence electrons. The summed E-state index contributed by atoms with van der Waals surface area (Å²) in [4.78, 5) is 26.7. The zero-order valence-corrected chi connectivity index (χ0v) is 32.8. The normalized spacial score (nSPS) is 30.2. The number of carbonyl (C=O) groups is 2. The number of benzene rings is 1. The van der Waals surface area contributed by atoms with Gasteiger partial charge in [-0.05, 0) is 63.7 Å². The maximum Gasteiger partial charge on any atom is 0.306 e. The molecule has 0 radical (unpaired) electrons. The monoisotopic (exact) mass is 749 g/mol. The Morgan fingerprint density at radius 2 is 1.91 bits per heavy atom. The number of methoxy groups -OCH3 is 1. The van der Waals surface area contributed by atoms with Crippen LogP contribution in [0.4, 0.5) is 8.78 Å². The predicted octanol–water partition coefficient (Wildman–Crippen LogP) is 5.82. The number of hydrogen-bond donors (Lipinski definition) is 3. The van der Waals surface area contributed by atoms with Crippen LogP contribution in [-0.4, -0.2) is 100 Å². The second-order valence-corrected chi connectivity index (χ2v) is 15.4. The molecule has 3 unspecified atom stereocenters. The van der Waals surface area contributed by atoms with Crippen LogP contribution in [0, 0.1) is 29.4 Å². The number of carbonyl (C=O) groups excluding carboxylic acids is 2. The third-order valence-electron chi connectivity index (χ3n) is 10.6. The molecule has 0 spiro atoms. The van der Waals surface area contributed by atoms with Crippen molar-refractivity contribution in [1.29, 1.82) is 0 Å². The number of epoxide rings is 1. The summed E-state index contributed by atoms with van der Waals surface area (Å²) in [5.74, 6) is -2.87. The number of hydrogen-bond acceptors (Lipinski definition) is 10. The van der Waals surface area contributed by atoms with Gasteiger partial charge in [0.05, 0.1) is 30.5 Å². The van der Waals surface area contributed by atoms with Crippen molar-refractivity contribution in [3.05, 3.63) is 71.4 Å². The first-order valence-electron chi connectivity index (χ1n) is 18.7. The zero-order chi connectivity index (χ0) is 39.7. The summed E-state index contributed by atoms with van der Waals surface area (Å²) in [6, 6.07) is 2.56. The second kappa shape index (κ2) is 19.5. The summed E-state index contributed by atoms with van der Waals surface area (Å²) in [7, 11) is 1.64. The van der Waals surface area contributed by atoms with Crippen LogP contribution in [-0.2, 0) is 35.1 Å². The van der Waals surface area contributed by atoms with E-state index in [-0.39, 0.29) is 67.6 Å². The van der Waals surface area contributed by atoms with E-state index in [0.717, 1.165) is 12.5 Å². The van der Waals surface area contributed by atoms with Crippen LogP contribution in [0.2, 0.25) is 0 Å². The Morgan fingerprint density at radius 1 is 1.21 bits per heavy atom. The van der Waals surface area contributed by atoms with Crippen LogP contribution in [0.5, 0.6) is 0 Å². The summed E-state index contributed by atoms with van der Waals surface area (Å²) < 4.78 is 52.1. The van der Waals surface area contributed by atoms with E-state index in [9.17, 15) is 33.7 Å². The fourth-order valence-corrected chi connectivity index (χ4v) is 7.39. The van der Waals surface area contributed by atoms with Gasteiger partial charge in [0.2, 0.25) is 0 Å². The Balaban J connectivity index is 1.99. The summed E-state index contributed by atoms with van der Waals surface area (Å²) >= 11 is 0. The van der Waals surface area contributed by atoms with Gasteiger partial charge in [0, 0.05) is 57.0 Å². The quantitative estimate of drug-likeness (QED) is 0.0872. The first kappa shape index (κ1) is 44.4. The highest BCUT2D eigenvalue weighted by atomic mass is 19.1. The van der Waals surface area contributed by atoms with E-state index in [1.165, 1.54) is 19.1 Å². The van der Waals surface area contributed by atoms with Gasteiger partial charge in [0.1, 0.15) is 35.5 Å². The Kier molecular flexibility index (Phi) is 16.4. The SMILES string of the molecule is CC[C@H](OC)[C@@H](C)[C@H]1O[C@@H]1C(N(CCO)Cc1ccc(F)cc1F)C(C)(O)C=CC=C(C)C1OC(=O)C[C@H](C)CC[C@@](C)(O)[C@@H](OC(C)=O)C=C[C@@H]1C. The molecule has 10 nitrogen and oxygen atoms in total. The lowest BCUT2D eigenvalue weighted by Crippen LogP contribution is -2.55. The smallest absolute Gasteiger partial charge is 0.306 e. The van der Waals surface area contributed by atoms with Gasteiger partial charge in [-0.1, -0.05) is 58.1 Å². The van der Waals surface area contributed by atoms with E-state index >= 15 is 0 Å². The van der Waals surface area contributed by atoms with Crippen LogP contribution in [0.15, 0.2) is 54.2 Å². The molecular weight excluding hydrogens is 688 g/mol. The number of aliphatic hydroxyl groups excluding tert-OH is 1. The van der Waals surface area contributed by atoms with E-state index in [0.29, 0.717) is 18.4 Å². The van der Waals surface area contributed by atoms with Gasteiger partial charge in [0.15, 0.2) is 0 Å². The number of esters is 2. The molecule has 1 aromatic rings. The Labute approximate surface area is 313 Å². The van der Waals surface area contributed by atoms with Gasteiger partial charge in [-0.25, -0.2) is 8.78 Å². The van der Waals surface area contributed by atoms with E-state index in [4.69, 9.17) is 18.9 Å². The number of rotatable bonds is 15. The Morgan fingerprint density at radius 3 is 2.51 bits per heavy atom. The molecule has 0 bridgehead atoms. The Hall–Kier alpha value is -3.00. The van der Waals surface area contributed by atoms with Crippen LogP contribution in [0.1, 0.15) is 86.6 Å². The second-order valence-electron chi connectivity index (χ2n) is 15.4. The number of nitrogens with zero attached hydrogens (tertiary/aromatic N) is 1. The van der Waals surface area contributed by atoms with Gasteiger partial charge < -0.3 is 34.3 Å². The van der Waals surface area contributed by atoms with E-state index in [2.05, 4.69) is 0 Å². The van der Waals surface area contributed by atoms with E-state index in [1.54, 1.807) is 63.2 Å². The molecule has 2 aliphatic heterocycles. The molecule has 2 aliphatic rings. The van der Waals surface area contributed by atoms with Crippen molar-refractivity contribution in [1.82, 2.24) is 4.90 Å². The molecule has 11 atom stereocenters. The van der Waals surface area contributed by atoms with Crippen LogP contribution >= 0.6 is 0 Å². The van der Waals surface area contributed by atoms with Crippen molar-refractivity contribution in [2.75, 3.05) is 20.3 Å². The molecule has 1 aromatic carbocycles. The van der Waals surface area contributed by atoms with Gasteiger partial charge in [-0.15, -0.1) is 0 Å². The topological polar surface area (TPSA) is 138 Å². The van der Waals surface area contributed by atoms with Crippen molar-refractivity contribution in [2.24, 2.45) is 17.8 Å². The van der Waals surface area contributed by atoms with Crippen LogP contribution in [0.3, 0.4) is 0 Å². The van der Waals surface area contributed by atoms with Crippen molar-refractivity contribution in [2.45, 2.75) is 135 Å². The molecule has 0 aromatic heterocycles. The first-order valence-corrected chi connectivity index (χ1v) is 18.7. The molecule has 0 amide bonds. The molecule has 1 saturated heterocycles. The minimum absolute atomic E-state index is 0.0276. The lowest BCUT2D eigenvalue weighted by Gasteiger charge is -2.39. The zero-order valence-electron chi connectivity index (χ0n) is 32.8. The molecule has 12 heteroatoms. The summed E-state index contributed by atoms with van der Waals surface area (Å²) in [6.45, 7) is 13.9. The minimum atomic E-state index is -1.59. The van der Waals surface area contributed by atoms with Crippen molar-refractivity contribution >= 4 is 11.9 Å². The highest BCUT2D eigenvalue weighted by Crippen LogP contribution is 2.41. The summed E-state index contributed by atoms with van der Waals surface area (Å²) in [5.41, 5.74) is -2.07. The molecule has 53 heavy (non-hydrogen) atoms. The highest BCUT2D eigenvalue weighted by molar-refractivity contribution is 5.70. The van der Waals surface area contributed by atoms with E-state index < -0.39 is 53.2 Å². The predicted molar refractivity (Wildman–Crippen MR) is 197 cm³/mol. The Bertz CT molecular complexity index is 1460. The van der Waals surface area contributed by atoms with E-state index in [1.807, 2.05) is 27.7 Å². The molecule has 0 saturated carbocycles. The molecule has 1 fully saturated rings. The maximum absolute atomic E-state index is 14.9. The third kappa shape index (κ3) is 12.5. The fraction of sp³-hybridized carbons (Fsp3) is 0.659. The third-order valence-corrected chi connectivity index (χ3v) is 10.6. The number of allylic oxidation sites excluding steroid dienone is 2. The van der Waals surface area contributed by atoms with Gasteiger partial charge in [-0.2, -0.15) is 0 Å². The van der Waals surface area contributed by atoms with Gasteiger partial charge in [-0.3, -0.25) is 14.5 Å². The summed E-state index contributed by atoms with van der Waals surface area (Å²) in [6.07, 6.45) is 7.60. The fourth-order valence-electron chi connectivity index (χ4n) is 7.39. The molecule has 3 N–H and O–H groups in total. The standard InChI is InChI=1S/C41H61F2NO9/c1-10-33(50-9)28(5)37-38(53-37)39(44(20-21-45)24-30-14-15-31(42)23-32(30)43)41(8,49)18-11-12-26(3)36-27(4)13-16-34(51-29(6)46)40(7,48)19-17-25(2)22-35(47)52-36/h11-16,18,23,25,27-28,33-34,36-39,45,48-49H,10,17,19-22,24H2,1-9H3/t25-,27+,28-,33+,34+,36?,37-,38+,39?,40-,41?/m1/s1. The average Bonchev–Trinajstić information content (AvgIpc) is 3.85. The largest absolute Gasteiger partial charge is 0.457 e. The lowest BCUT2D eigenvalue weighted by atomic mass is 9.85. The molecular formula is C41H61F2NO9. The first-order chi connectivity index (χ1) is 24.8. The number of cyclic esters (lactones) is 1. The average molecular weight is 750 g/mol. The highest BCUT2D eigenvalue weighted by Gasteiger charge is 2.56. The lowest BCUT2D eigenvalue weighted by molar-refractivity contribution is -0.156. The van der Waals surface area contributed by atoms with Gasteiger partial charge >= 0.3 is 11.9 Å². The van der Waals surface area contributed by atoms with Crippen LogP contribution < -0.4 is 0 Å². The molecule has 0 aliphatic carbocycles. The number of aliphatic hydroxyl groups is 3. The van der Waals surface area contributed by atoms with Gasteiger partial charge in [0.25, 0.3) is 0 Å². The number of halogens is 2.